The summed E-state index contributed by atoms with van der Waals surface area (Å²) in [5.74, 6) is -0.964. The molecule has 3 nitrogen and oxygen atoms in total. The minimum atomic E-state index is -0.534. The maximum Gasteiger partial charge on any atom is 0.293 e. The van der Waals surface area contributed by atoms with Crippen LogP contribution in [0.4, 0.5) is 9.18 Å². The second kappa shape index (κ2) is 6.24. The number of carbonyl (C=O) groups excluding carboxylic acids is 2. The van der Waals surface area contributed by atoms with E-state index in [0.29, 0.717) is 4.91 Å². The van der Waals surface area contributed by atoms with E-state index in [2.05, 4.69) is 0 Å². The van der Waals surface area contributed by atoms with Crippen molar-refractivity contribution in [2.75, 3.05) is 0 Å². The summed E-state index contributed by atoms with van der Waals surface area (Å²) >= 11 is 8.30. The number of halogens is 2. The lowest BCUT2D eigenvalue weighted by Gasteiger charge is -2.14. The number of imide groups is 1. The summed E-state index contributed by atoms with van der Waals surface area (Å²) in [5, 5.41) is 3.53. The number of thiophene rings is 1. The first kappa shape index (κ1) is 15.3. The topological polar surface area (TPSA) is 37.4 Å². The average molecular weight is 354 g/mol. The molecule has 22 heavy (non-hydrogen) atoms. The van der Waals surface area contributed by atoms with Crippen LogP contribution < -0.4 is 0 Å². The molecule has 0 unspecified atom stereocenters. The summed E-state index contributed by atoms with van der Waals surface area (Å²) in [6.07, 6.45) is 1.66. The van der Waals surface area contributed by atoms with E-state index in [1.54, 1.807) is 6.08 Å². The second-order valence-corrected chi connectivity index (χ2v) is 6.71. The van der Waals surface area contributed by atoms with Crippen LogP contribution in [-0.4, -0.2) is 16.0 Å². The Balaban J connectivity index is 1.86. The lowest BCUT2D eigenvalue weighted by Crippen LogP contribution is -2.28. The lowest BCUT2D eigenvalue weighted by molar-refractivity contribution is -0.123. The molecule has 0 aliphatic carbocycles. The molecule has 7 heteroatoms. The van der Waals surface area contributed by atoms with Crippen molar-refractivity contribution in [3.63, 3.8) is 0 Å². The predicted octanol–water partition coefficient (Wildman–Crippen LogP) is 4.78. The molecule has 1 aromatic carbocycles. The molecule has 3 rings (SSSR count). The zero-order chi connectivity index (χ0) is 15.7. The smallest absolute Gasteiger partial charge is 0.268 e. The number of rotatable bonds is 3. The van der Waals surface area contributed by atoms with Crippen molar-refractivity contribution in [1.29, 1.82) is 0 Å². The fraction of sp³-hybridized carbons (Fsp3) is 0.0667. The summed E-state index contributed by atoms with van der Waals surface area (Å²) in [7, 11) is 0. The Morgan fingerprint density at radius 1 is 1.27 bits per heavy atom. The van der Waals surface area contributed by atoms with Crippen LogP contribution in [0, 0.1) is 5.82 Å². The summed E-state index contributed by atoms with van der Waals surface area (Å²) in [6, 6.07) is 6.11. The van der Waals surface area contributed by atoms with Gasteiger partial charge >= 0.3 is 0 Å². The van der Waals surface area contributed by atoms with Crippen molar-refractivity contribution >= 4 is 51.9 Å². The molecule has 1 aliphatic rings. The van der Waals surface area contributed by atoms with E-state index in [4.69, 9.17) is 11.6 Å². The molecule has 0 spiro atoms. The highest BCUT2D eigenvalue weighted by Gasteiger charge is 2.35. The van der Waals surface area contributed by atoms with Crippen LogP contribution in [0.5, 0.6) is 0 Å². The highest BCUT2D eigenvalue weighted by molar-refractivity contribution is 8.18. The van der Waals surface area contributed by atoms with Crippen molar-refractivity contribution in [2.45, 2.75) is 6.54 Å². The molecule has 0 radical (unpaired) electrons. The minimum absolute atomic E-state index is 0.142. The van der Waals surface area contributed by atoms with E-state index in [1.165, 1.54) is 29.5 Å². The fourth-order valence-corrected chi connectivity index (χ4v) is 3.67. The van der Waals surface area contributed by atoms with E-state index in [-0.39, 0.29) is 17.1 Å². The van der Waals surface area contributed by atoms with Crippen LogP contribution in [0.1, 0.15) is 11.1 Å². The highest BCUT2D eigenvalue weighted by Crippen LogP contribution is 2.34. The average Bonchev–Trinajstić information content (AvgIpc) is 3.06. The van der Waals surface area contributed by atoms with Gasteiger partial charge in [-0.2, -0.15) is 11.3 Å². The lowest BCUT2D eigenvalue weighted by atomic mass is 10.2. The Bertz CT molecular complexity index is 754. The first-order valence-corrected chi connectivity index (χ1v) is 8.40. The summed E-state index contributed by atoms with van der Waals surface area (Å²) in [4.78, 5) is 25.7. The van der Waals surface area contributed by atoms with Gasteiger partial charge in [0.05, 0.1) is 11.4 Å². The van der Waals surface area contributed by atoms with Gasteiger partial charge in [-0.25, -0.2) is 4.39 Å². The van der Waals surface area contributed by atoms with Crippen molar-refractivity contribution in [3.05, 3.63) is 61.9 Å². The third-order valence-corrected chi connectivity index (χ3v) is 5.06. The first-order valence-electron chi connectivity index (χ1n) is 6.26. The molecule has 1 aromatic heterocycles. The molecule has 2 heterocycles. The number of carbonyl (C=O) groups is 2. The van der Waals surface area contributed by atoms with E-state index in [0.717, 1.165) is 22.2 Å². The number of thioether (sulfide) groups is 1. The molecule has 1 fully saturated rings. The first-order chi connectivity index (χ1) is 10.6. The number of benzene rings is 1. The Hall–Kier alpha value is -1.63. The van der Waals surface area contributed by atoms with Crippen LogP contribution in [-0.2, 0) is 11.3 Å². The largest absolute Gasteiger partial charge is 0.293 e. The van der Waals surface area contributed by atoms with Crippen molar-refractivity contribution < 1.29 is 14.0 Å². The number of amides is 2. The molecule has 0 N–H and O–H groups in total. The minimum Gasteiger partial charge on any atom is -0.268 e. The van der Waals surface area contributed by atoms with Gasteiger partial charge < -0.3 is 0 Å². The quantitative estimate of drug-likeness (QED) is 0.745. The van der Waals surface area contributed by atoms with E-state index >= 15 is 0 Å². The number of hydrogen-bond acceptors (Lipinski definition) is 4. The van der Waals surface area contributed by atoms with E-state index in [1.807, 2.05) is 16.8 Å². The molecule has 2 amide bonds. The molecule has 1 saturated heterocycles. The van der Waals surface area contributed by atoms with E-state index < -0.39 is 17.0 Å². The molecular weight excluding hydrogens is 345 g/mol. The van der Waals surface area contributed by atoms with Gasteiger partial charge in [-0.05, 0) is 52.4 Å². The second-order valence-electron chi connectivity index (χ2n) is 4.52. The summed E-state index contributed by atoms with van der Waals surface area (Å²) in [6.45, 7) is -0.169. The Kier molecular flexibility index (Phi) is 4.33. The zero-order valence-corrected chi connectivity index (χ0v) is 13.5. The highest BCUT2D eigenvalue weighted by atomic mass is 35.5. The van der Waals surface area contributed by atoms with Crippen molar-refractivity contribution in [2.24, 2.45) is 0 Å². The van der Waals surface area contributed by atoms with Crippen molar-refractivity contribution in [1.82, 2.24) is 4.90 Å². The van der Waals surface area contributed by atoms with Crippen LogP contribution in [0.15, 0.2) is 39.9 Å². The monoisotopic (exact) mass is 353 g/mol. The third-order valence-electron chi connectivity index (χ3n) is 3.09. The molecule has 2 aromatic rings. The Morgan fingerprint density at radius 3 is 2.77 bits per heavy atom. The molecule has 112 valence electrons. The van der Waals surface area contributed by atoms with E-state index in [9.17, 15) is 14.0 Å². The standard InChI is InChI=1S/C15H9ClFNO2S2/c16-11-2-1-3-12(17)10(11)7-18-14(19)13(22-15(18)20)6-9-4-5-21-8-9/h1-6,8H,7H2/b13-6-. The van der Waals surface area contributed by atoms with Crippen LogP contribution in [0.3, 0.4) is 0 Å². The zero-order valence-electron chi connectivity index (χ0n) is 11.1. The number of hydrogen-bond donors (Lipinski definition) is 0. The predicted molar refractivity (Wildman–Crippen MR) is 87.2 cm³/mol. The third kappa shape index (κ3) is 2.95. The molecule has 1 aliphatic heterocycles. The van der Waals surface area contributed by atoms with Gasteiger partial charge in [0.1, 0.15) is 5.82 Å². The van der Waals surface area contributed by atoms with Gasteiger partial charge in [0.15, 0.2) is 0 Å². The maximum absolute atomic E-state index is 13.8. The molecule has 0 bridgehead atoms. The fourth-order valence-electron chi connectivity index (χ4n) is 1.99. The van der Waals surface area contributed by atoms with Crippen LogP contribution in [0.25, 0.3) is 6.08 Å². The SMILES string of the molecule is O=C1S/C(=C\c2ccsc2)C(=O)N1Cc1c(F)cccc1Cl. The maximum atomic E-state index is 13.8. The van der Waals surface area contributed by atoms with Gasteiger partial charge in [0.25, 0.3) is 11.1 Å². The van der Waals surface area contributed by atoms with Gasteiger partial charge in [-0.15, -0.1) is 0 Å². The molecular formula is C15H9ClFNO2S2. The normalized spacial score (nSPS) is 16.8. The Labute approximate surface area is 139 Å². The molecule has 0 atom stereocenters. The summed E-state index contributed by atoms with van der Waals surface area (Å²) in [5.41, 5.74) is 1.00. The molecule has 0 saturated carbocycles. The van der Waals surface area contributed by atoms with Gasteiger partial charge in [-0.1, -0.05) is 17.7 Å². The number of nitrogens with zero attached hydrogens (tertiary/aromatic N) is 1. The van der Waals surface area contributed by atoms with Crippen LogP contribution in [0.2, 0.25) is 5.02 Å². The van der Waals surface area contributed by atoms with Gasteiger partial charge in [0, 0.05) is 10.6 Å². The van der Waals surface area contributed by atoms with Gasteiger partial charge in [0.2, 0.25) is 0 Å². The summed E-state index contributed by atoms with van der Waals surface area (Å²) < 4.78 is 13.8. The van der Waals surface area contributed by atoms with Crippen LogP contribution >= 0.6 is 34.7 Å². The Morgan fingerprint density at radius 2 is 2.09 bits per heavy atom. The van der Waals surface area contributed by atoms with Gasteiger partial charge in [-0.3, -0.25) is 14.5 Å². The van der Waals surface area contributed by atoms with Crippen molar-refractivity contribution in [3.8, 4) is 0 Å².